The highest BCUT2D eigenvalue weighted by molar-refractivity contribution is 7.91. The molecule has 1 rings (SSSR count). The van der Waals surface area contributed by atoms with Gasteiger partial charge in [0, 0.05) is 25.6 Å². The Morgan fingerprint density at radius 3 is 2.32 bits per heavy atom. The first kappa shape index (κ1) is 21.4. The van der Waals surface area contributed by atoms with Gasteiger partial charge in [-0.1, -0.05) is 12.1 Å². The number of sulfone groups is 2. The summed E-state index contributed by atoms with van der Waals surface area (Å²) >= 11 is 0. The lowest BCUT2D eigenvalue weighted by molar-refractivity contribution is 0.597. The molecule has 0 aliphatic carbocycles. The van der Waals surface area contributed by atoms with Gasteiger partial charge in [-0.05, 0) is 37.5 Å². The van der Waals surface area contributed by atoms with Crippen molar-refractivity contribution in [3.05, 3.63) is 29.3 Å². The van der Waals surface area contributed by atoms with E-state index in [4.69, 9.17) is 0 Å². The van der Waals surface area contributed by atoms with Crippen LogP contribution in [0.3, 0.4) is 0 Å². The first-order valence-corrected chi connectivity index (χ1v) is 12.0. The van der Waals surface area contributed by atoms with Crippen LogP contribution in [-0.4, -0.2) is 54.1 Å². The molecule has 142 valence electrons. The van der Waals surface area contributed by atoms with Gasteiger partial charge in [0.25, 0.3) is 0 Å². The molecule has 1 aromatic rings. The maximum Gasteiger partial charge on any atom is 0.191 e. The molecule has 0 bridgehead atoms. The van der Waals surface area contributed by atoms with E-state index in [1.807, 2.05) is 13.0 Å². The van der Waals surface area contributed by atoms with Gasteiger partial charge < -0.3 is 10.6 Å². The van der Waals surface area contributed by atoms with Gasteiger partial charge in [-0.2, -0.15) is 0 Å². The molecule has 0 saturated heterocycles. The highest BCUT2D eigenvalue weighted by atomic mass is 32.2. The lowest BCUT2D eigenvalue weighted by Crippen LogP contribution is -2.38. The average Bonchev–Trinajstić information content (AvgIpc) is 2.46. The number of hydrogen-bond acceptors (Lipinski definition) is 5. The summed E-state index contributed by atoms with van der Waals surface area (Å²) in [6.07, 6.45) is 2.91. The maximum atomic E-state index is 11.6. The molecule has 0 fully saturated rings. The van der Waals surface area contributed by atoms with Gasteiger partial charge in [0.15, 0.2) is 15.8 Å². The van der Waals surface area contributed by atoms with E-state index in [0.717, 1.165) is 5.56 Å². The van der Waals surface area contributed by atoms with Crippen LogP contribution in [0, 0.1) is 6.92 Å². The molecule has 0 saturated carbocycles. The van der Waals surface area contributed by atoms with E-state index >= 15 is 0 Å². The standard InChI is InChI=1S/C16H27N3O4S2/c1-5-17-16(18-9-6-10-24(3,20)21)19-12-14-7-8-15(13(2)11-14)25(4,22)23/h7-8,11H,5-6,9-10,12H2,1-4H3,(H2,17,18,19). The molecule has 0 amide bonds. The van der Waals surface area contributed by atoms with Crippen LogP contribution >= 0.6 is 0 Å². The molecule has 1 aromatic carbocycles. The Kier molecular flexibility index (Phi) is 7.88. The molecular weight excluding hydrogens is 362 g/mol. The van der Waals surface area contributed by atoms with Crippen molar-refractivity contribution >= 4 is 25.6 Å². The largest absolute Gasteiger partial charge is 0.357 e. The Morgan fingerprint density at radius 2 is 1.80 bits per heavy atom. The summed E-state index contributed by atoms with van der Waals surface area (Å²) in [7, 11) is -6.19. The highest BCUT2D eigenvalue weighted by Gasteiger charge is 2.10. The first-order valence-electron chi connectivity index (χ1n) is 8.02. The van der Waals surface area contributed by atoms with Crippen molar-refractivity contribution in [1.82, 2.24) is 10.6 Å². The number of hydrogen-bond donors (Lipinski definition) is 2. The van der Waals surface area contributed by atoms with Gasteiger partial charge >= 0.3 is 0 Å². The molecule has 0 atom stereocenters. The molecule has 7 nitrogen and oxygen atoms in total. The molecule has 2 N–H and O–H groups in total. The minimum atomic E-state index is -3.23. The van der Waals surface area contributed by atoms with Gasteiger partial charge in [-0.3, -0.25) is 0 Å². The summed E-state index contributed by atoms with van der Waals surface area (Å²) in [5.74, 6) is 0.729. The highest BCUT2D eigenvalue weighted by Crippen LogP contribution is 2.17. The Labute approximate surface area is 150 Å². The van der Waals surface area contributed by atoms with E-state index < -0.39 is 19.7 Å². The molecule has 25 heavy (non-hydrogen) atoms. The van der Waals surface area contributed by atoms with Crippen LogP contribution < -0.4 is 10.6 Å². The summed E-state index contributed by atoms with van der Waals surface area (Å²) in [4.78, 5) is 4.77. The van der Waals surface area contributed by atoms with Crippen molar-refractivity contribution in [2.45, 2.75) is 31.7 Å². The maximum absolute atomic E-state index is 11.6. The quantitative estimate of drug-likeness (QED) is 0.389. The lowest BCUT2D eigenvalue weighted by atomic mass is 10.1. The van der Waals surface area contributed by atoms with Crippen LogP contribution in [0.2, 0.25) is 0 Å². The SMILES string of the molecule is CCNC(=NCc1ccc(S(C)(=O)=O)c(C)c1)NCCCS(C)(=O)=O. The van der Waals surface area contributed by atoms with E-state index in [1.165, 1.54) is 12.5 Å². The average molecular weight is 390 g/mol. The third kappa shape index (κ3) is 8.35. The number of benzene rings is 1. The van der Waals surface area contributed by atoms with Crippen LogP contribution in [0.5, 0.6) is 0 Å². The summed E-state index contributed by atoms with van der Waals surface area (Å²) in [5, 5.41) is 6.19. The second-order valence-corrected chi connectivity index (χ2v) is 10.2. The first-order chi connectivity index (χ1) is 11.5. The minimum absolute atomic E-state index is 0.131. The van der Waals surface area contributed by atoms with E-state index in [9.17, 15) is 16.8 Å². The van der Waals surface area contributed by atoms with Crippen LogP contribution in [-0.2, 0) is 26.2 Å². The fourth-order valence-electron chi connectivity index (χ4n) is 2.28. The predicted molar refractivity (Wildman–Crippen MR) is 101 cm³/mol. The molecule has 0 aliphatic heterocycles. The van der Waals surface area contributed by atoms with Crippen molar-refractivity contribution in [2.24, 2.45) is 4.99 Å². The zero-order chi connectivity index (χ0) is 19.1. The van der Waals surface area contributed by atoms with Crippen molar-refractivity contribution < 1.29 is 16.8 Å². The van der Waals surface area contributed by atoms with Crippen LogP contribution in [0.4, 0.5) is 0 Å². The molecule has 0 aliphatic rings. The summed E-state index contributed by atoms with van der Waals surface area (Å²) in [6, 6.07) is 5.16. The van der Waals surface area contributed by atoms with Crippen LogP contribution in [0.1, 0.15) is 24.5 Å². The number of aryl methyl sites for hydroxylation is 1. The minimum Gasteiger partial charge on any atom is -0.357 e. The Hall–Kier alpha value is -1.61. The molecule has 0 heterocycles. The number of rotatable bonds is 8. The number of aliphatic imine (C=N–C) groups is 1. The molecular formula is C16H27N3O4S2. The lowest BCUT2D eigenvalue weighted by Gasteiger charge is -2.11. The summed E-state index contributed by atoms with van der Waals surface area (Å²) in [6.45, 7) is 5.29. The number of guanidine groups is 1. The molecule has 0 radical (unpaired) electrons. The predicted octanol–water partition coefficient (Wildman–Crippen LogP) is 0.888. The summed E-state index contributed by atoms with van der Waals surface area (Å²) in [5.41, 5.74) is 1.60. The van der Waals surface area contributed by atoms with Gasteiger partial charge in [0.05, 0.1) is 17.2 Å². The fourth-order valence-corrected chi connectivity index (χ4v) is 3.91. The monoisotopic (exact) mass is 389 g/mol. The smallest absolute Gasteiger partial charge is 0.191 e. The zero-order valence-corrected chi connectivity index (χ0v) is 16.8. The van der Waals surface area contributed by atoms with E-state index in [-0.39, 0.29) is 5.75 Å². The van der Waals surface area contributed by atoms with Crippen LogP contribution in [0.25, 0.3) is 0 Å². The van der Waals surface area contributed by atoms with Crippen molar-refractivity contribution in [1.29, 1.82) is 0 Å². The second-order valence-electron chi connectivity index (χ2n) is 5.98. The summed E-state index contributed by atoms with van der Waals surface area (Å²) < 4.78 is 45.5. The number of nitrogens with one attached hydrogen (secondary N) is 2. The normalized spacial score (nSPS) is 12.9. The second kappa shape index (κ2) is 9.19. The van der Waals surface area contributed by atoms with Crippen LogP contribution in [0.15, 0.2) is 28.1 Å². The van der Waals surface area contributed by atoms with E-state index in [1.54, 1.807) is 19.1 Å². The van der Waals surface area contributed by atoms with Gasteiger partial charge in [-0.25, -0.2) is 21.8 Å². The number of nitrogens with zero attached hydrogens (tertiary/aromatic N) is 1. The van der Waals surface area contributed by atoms with Gasteiger partial charge in [0.2, 0.25) is 0 Å². The molecule has 0 unspecified atom stereocenters. The van der Waals surface area contributed by atoms with E-state index in [2.05, 4.69) is 15.6 Å². The van der Waals surface area contributed by atoms with Crippen molar-refractivity contribution in [3.8, 4) is 0 Å². The third-order valence-electron chi connectivity index (χ3n) is 3.39. The third-order valence-corrected chi connectivity index (χ3v) is 5.67. The van der Waals surface area contributed by atoms with Gasteiger partial charge in [0.1, 0.15) is 9.84 Å². The Balaban J connectivity index is 2.72. The topological polar surface area (TPSA) is 105 Å². The molecule has 0 aromatic heterocycles. The fraction of sp³-hybridized carbons (Fsp3) is 0.562. The van der Waals surface area contributed by atoms with Gasteiger partial charge in [-0.15, -0.1) is 0 Å². The van der Waals surface area contributed by atoms with E-state index in [0.29, 0.717) is 42.5 Å². The zero-order valence-electron chi connectivity index (χ0n) is 15.2. The Morgan fingerprint density at radius 1 is 1.12 bits per heavy atom. The molecule has 0 spiro atoms. The molecule has 9 heteroatoms. The Bertz CT molecular complexity index is 816. The van der Waals surface area contributed by atoms with Crippen molar-refractivity contribution in [2.75, 3.05) is 31.4 Å². The van der Waals surface area contributed by atoms with Crippen molar-refractivity contribution in [3.63, 3.8) is 0 Å².